The molecule has 4 aromatic carbocycles. The number of rotatable bonds is 7. The molecule has 296 valence electrons. The quantitative estimate of drug-likeness (QED) is 0.135. The second kappa shape index (κ2) is 16.0. The van der Waals surface area contributed by atoms with Crippen LogP contribution in [0.15, 0.2) is 203 Å². The average Bonchev–Trinajstić information content (AvgIpc) is 3.81. The summed E-state index contributed by atoms with van der Waals surface area (Å²) in [6.45, 7) is 22.2. The van der Waals surface area contributed by atoms with Crippen LogP contribution in [0.5, 0.6) is 0 Å². The van der Waals surface area contributed by atoms with Gasteiger partial charge in [0.2, 0.25) is 0 Å². The summed E-state index contributed by atoms with van der Waals surface area (Å²) in [6, 6.07) is 37.8. The third-order valence-corrected chi connectivity index (χ3v) is 13.1. The summed E-state index contributed by atoms with van der Waals surface area (Å²) >= 11 is 0. The molecule has 0 spiro atoms. The molecular formula is C57H58N2. The van der Waals surface area contributed by atoms with Crippen LogP contribution in [0, 0.1) is 0 Å². The Morgan fingerprint density at radius 2 is 1.44 bits per heavy atom. The first kappa shape index (κ1) is 39.8. The molecule has 5 aliphatic rings. The number of aliphatic imine (C=N–C) groups is 1. The highest BCUT2D eigenvalue weighted by molar-refractivity contribution is 5.99. The fraction of sp³-hybridized carbons (Fsp3) is 0.246. The molecule has 0 bridgehead atoms. The van der Waals surface area contributed by atoms with E-state index in [2.05, 4.69) is 217 Å². The van der Waals surface area contributed by atoms with Crippen molar-refractivity contribution in [3.8, 4) is 0 Å². The summed E-state index contributed by atoms with van der Waals surface area (Å²) in [5.41, 5.74) is 18.8. The summed E-state index contributed by atoms with van der Waals surface area (Å²) in [5.74, 6) is 0.318. The zero-order chi connectivity index (χ0) is 41.5. The minimum Gasteiger partial charge on any atom is -0.357 e. The third-order valence-electron chi connectivity index (χ3n) is 13.1. The molecule has 1 heterocycles. The standard InChI is InChI=1S/C55H52N2.C2H6/c1-8-47-41(42-22-12-15-26-48(42)54(47,4)5)25-18-19-36(2)35-50(56-37(3)38-20-10-9-11-21-38)39-29-31-40(32-30-39)57-51-28-17-14-24-44(51)46-34-33-45-43-23-13-16-27-49(43)55(6,7)52(45)53(46)57;1-2/h8-31,33-35,40,46,53H,2,32H2,1,3-7H3;1-2H3/b19-18+,41-25-,47-8+,50-35-,56-37?;. The zero-order valence-electron chi connectivity index (χ0n) is 36.1. The predicted octanol–water partition coefficient (Wildman–Crippen LogP) is 14.4. The molecule has 2 heteroatoms. The number of hydrogen-bond acceptors (Lipinski definition) is 2. The van der Waals surface area contributed by atoms with E-state index in [9.17, 15) is 0 Å². The minimum absolute atomic E-state index is 0.0281. The van der Waals surface area contributed by atoms with E-state index >= 15 is 0 Å². The lowest BCUT2D eigenvalue weighted by Gasteiger charge is -2.42. The molecule has 0 N–H and O–H groups in total. The van der Waals surface area contributed by atoms with Crippen LogP contribution in [-0.4, -0.2) is 17.8 Å². The second-order valence-corrected chi connectivity index (χ2v) is 17.1. The largest absolute Gasteiger partial charge is 0.357 e. The van der Waals surface area contributed by atoms with Crippen molar-refractivity contribution in [1.29, 1.82) is 0 Å². The highest BCUT2D eigenvalue weighted by atomic mass is 15.2. The Bertz CT molecular complexity index is 2590. The van der Waals surface area contributed by atoms with Gasteiger partial charge < -0.3 is 4.90 Å². The molecule has 0 aromatic heterocycles. The van der Waals surface area contributed by atoms with E-state index in [4.69, 9.17) is 4.99 Å². The number of hydrogen-bond donors (Lipinski definition) is 0. The van der Waals surface area contributed by atoms with Crippen molar-refractivity contribution in [2.24, 2.45) is 4.99 Å². The van der Waals surface area contributed by atoms with Gasteiger partial charge in [-0.3, -0.25) is 4.99 Å². The van der Waals surface area contributed by atoms with Crippen molar-refractivity contribution < 1.29 is 0 Å². The summed E-state index contributed by atoms with van der Waals surface area (Å²) in [6.07, 6.45) is 23.8. The number of nitrogens with zero attached hydrogens (tertiary/aromatic N) is 2. The number of para-hydroxylation sites is 1. The maximum atomic E-state index is 5.29. The zero-order valence-corrected chi connectivity index (χ0v) is 36.1. The van der Waals surface area contributed by atoms with Crippen LogP contribution in [0.3, 0.4) is 0 Å². The first-order valence-electron chi connectivity index (χ1n) is 21.5. The molecule has 9 rings (SSSR count). The first-order chi connectivity index (χ1) is 28.6. The van der Waals surface area contributed by atoms with Crippen LogP contribution in [0.2, 0.25) is 0 Å². The van der Waals surface area contributed by atoms with Crippen LogP contribution in [0.4, 0.5) is 5.69 Å². The van der Waals surface area contributed by atoms with Gasteiger partial charge in [0.15, 0.2) is 0 Å². The monoisotopic (exact) mass is 770 g/mol. The van der Waals surface area contributed by atoms with Crippen molar-refractivity contribution >= 4 is 22.5 Å². The Balaban J connectivity index is 0.00000238. The molecule has 0 fully saturated rings. The lowest BCUT2D eigenvalue weighted by atomic mass is 9.72. The van der Waals surface area contributed by atoms with Crippen LogP contribution in [-0.2, 0) is 10.8 Å². The van der Waals surface area contributed by atoms with Crippen LogP contribution < -0.4 is 4.90 Å². The van der Waals surface area contributed by atoms with Gasteiger partial charge in [-0.2, -0.15) is 0 Å². The fourth-order valence-corrected chi connectivity index (χ4v) is 10.4. The second-order valence-electron chi connectivity index (χ2n) is 17.1. The van der Waals surface area contributed by atoms with Gasteiger partial charge in [0, 0.05) is 28.1 Å². The van der Waals surface area contributed by atoms with Gasteiger partial charge in [-0.1, -0.05) is 200 Å². The Labute approximate surface area is 353 Å². The molecule has 1 aliphatic heterocycles. The van der Waals surface area contributed by atoms with Crippen LogP contribution in [0.1, 0.15) is 101 Å². The van der Waals surface area contributed by atoms with Gasteiger partial charge >= 0.3 is 0 Å². The van der Waals surface area contributed by atoms with Gasteiger partial charge in [-0.15, -0.1) is 0 Å². The highest BCUT2D eigenvalue weighted by Gasteiger charge is 2.51. The maximum absolute atomic E-state index is 5.29. The van der Waals surface area contributed by atoms with E-state index in [1.165, 1.54) is 50.2 Å². The lowest BCUT2D eigenvalue weighted by molar-refractivity contribution is 0.512. The predicted molar refractivity (Wildman–Crippen MR) is 254 cm³/mol. The third kappa shape index (κ3) is 6.83. The van der Waals surface area contributed by atoms with E-state index < -0.39 is 0 Å². The molecule has 0 saturated carbocycles. The topological polar surface area (TPSA) is 15.6 Å². The normalized spacial score (nSPS) is 23.4. The number of fused-ring (bicyclic) bond motifs is 7. The van der Waals surface area contributed by atoms with Crippen molar-refractivity contribution in [1.82, 2.24) is 0 Å². The summed E-state index contributed by atoms with van der Waals surface area (Å²) in [5, 5.41) is 0. The van der Waals surface area contributed by atoms with Gasteiger partial charge in [-0.25, -0.2) is 0 Å². The number of allylic oxidation sites excluding steroid dienone is 11. The van der Waals surface area contributed by atoms with Crippen molar-refractivity contribution in [3.05, 3.63) is 232 Å². The number of benzene rings is 4. The Kier molecular flexibility index (Phi) is 10.8. The van der Waals surface area contributed by atoms with Crippen molar-refractivity contribution in [3.63, 3.8) is 0 Å². The molecule has 3 unspecified atom stereocenters. The van der Waals surface area contributed by atoms with E-state index in [0.717, 1.165) is 34.5 Å². The molecule has 59 heavy (non-hydrogen) atoms. The molecule has 0 radical (unpaired) electrons. The molecule has 3 atom stereocenters. The van der Waals surface area contributed by atoms with Gasteiger partial charge in [0.25, 0.3) is 0 Å². The first-order valence-corrected chi connectivity index (χ1v) is 21.5. The summed E-state index contributed by atoms with van der Waals surface area (Å²) < 4.78 is 0. The van der Waals surface area contributed by atoms with E-state index in [1.807, 2.05) is 13.8 Å². The SMILES string of the molecule is C=C(/C=C(\N=C(C)c1ccccc1)C1=CCC(N2c3ccccc3C3C=CC4=C(C32)C(C)(C)c2ccccc24)C=C1)/C=C/C=C1\C(=C/C)C(C)(C)c2ccccc21.CC. The minimum atomic E-state index is -0.0611. The lowest BCUT2D eigenvalue weighted by Crippen LogP contribution is -2.46. The summed E-state index contributed by atoms with van der Waals surface area (Å²) in [7, 11) is 0. The smallest absolute Gasteiger partial charge is 0.0707 e. The van der Waals surface area contributed by atoms with Gasteiger partial charge in [0.05, 0.1) is 17.8 Å². The molecule has 0 amide bonds. The molecule has 4 aliphatic carbocycles. The maximum Gasteiger partial charge on any atom is 0.0707 e. The number of anilines is 1. The Hall–Kier alpha value is -5.99. The molecule has 0 saturated heterocycles. The van der Waals surface area contributed by atoms with Gasteiger partial charge in [0.1, 0.15) is 0 Å². The van der Waals surface area contributed by atoms with Crippen molar-refractivity contribution in [2.45, 2.75) is 90.6 Å². The molecular weight excluding hydrogens is 713 g/mol. The van der Waals surface area contributed by atoms with Crippen LogP contribution in [0.25, 0.3) is 11.1 Å². The molecule has 4 aromatic rings. The van der Waals surface area contributed by atoms with Crippen LogP contribution >= 0.6 is 0 Å². The van der Waals surface area contributed by atoms with Crippen molar-refractivity contribution in [2.75, 3.05) is 4.90 Å². The average molecular weight is 771 g/mol. The van der Waals surface area contributed by atoms with Gasteiger partial charge in [-0.05, 0) is 99.2 Å². The highest BCUT2D eigenvalue weighted by Crippen LogP contribution is 2.58. The fourth-order valence-electron chi connectivity index (χ4n) is 10.4. The summed E-state index contributed by atoms with van der Waals surface area (Å²) in [4.78, 5) is 8.02. The van der Waals surface area contributed by atoms with E-state index in [0.29, 0.717) is 5.92 Å². The van der Waals surface area contributed by atoms with E-state index in [1.54, 1.807) is 5.57 Å². The van der Waals surface area contributed by atoms with E-state index in [-0.39, 0.29) is 22.9 Å². The Morgan fingerprint density at radius 3 is 2.15 bits per heavy atom. The Morgan fingerprint density at radius 1 is 0.780 bits per heavy atom. The molecule has 2 nitrogen and oxygen atoms in total.